The van der Waals surface area contributed by atoms with Crippen molar-refractivity contribution in [3.63, 3.8) is 0 Å². The van der Waals surface area contributed by atoms with Gasteiger partial charge < -0.3 is 15.8 Å². The number of alkyl halides is 2. The predicted molar refractivity (Wildman–Crippen MR) is 84.7 cm³/mol. The molecule has 0 aliphatic carbocycles. The fourth-order valence-electron chi connectivity index (χ4n) is 1.77. The van der Waals surface area contributed by atoms with Gasteiger partial charge in [-0.3, -0.25) is 0 Å². The highest BCUT2D eigenvalue weighted by molar-refractivity contribution is 5.27. The number of rotatable bonds is 5. The van der Waals surface area contributed by atoms with Crippen LogP contribution in [0.25, 0.3) is 0 Å². The van der Waals surface area contributed by atoms with Crippen molar-refractivity contribution in [2.45, 2.75) is 26.1 Å². The molecule has 0 bridgehead atoms. The zero-order valence-electron chi connectivity index (χ0n) is 13.5. The molecule has 2 aromatic carbocycles. The molecule has 0 heterocycles. The maximum absolute atomic E-state index is 12.7. The Balaban J connectivity index is 0.000000243. The van der Waals surface area contributed by atoms with E-state index in [0.29, 0.717) is 25.6 Å². The standard InChI is InChI=1S/C9H11F2NO.C8H9F2N/c1-9(10,11)13-8-4-2-7(6-12)3-5-8;1-11-5-6-4-7(9)2-3-8(6)10/h2-5H,6,12H2,1H3;2-4,11H,5H2,1H3. The monoisotopic (exact) mass is 344 g/mol. The summed E-state index contributed by atoms with van der Waals surface area (Å²) in [7, 11) is 1.68. The van der Waals surface area contributed by atoms with E-state index in [-0.39, 0.29) is 11.6 Å². The van der Waals surface area contributed by atoms with Crippen LogP contribution in [0.5, 0.6) is 5.75 Å². The predicted octanol–water partition coefficient (Wildman–Crippen LogP) is 3.82. The van der Waals surface area contributed by atoms with Gasteiger partial charge in [0.2, 0.25) is 0 Å². The molecule has 3 nitrogen and oxygen atoms in total. The molecule has 0 saturated carbocycles. The van der Waals surface area contributed by atoms with Gasteiger partial charge in [0, 0.05) is 25.6 Å². The highest BCUT2D eigenvalue weighted by atomic mass is 19.3. The first-order chi connectivity index (χ1) is 11.2. The molecule has 0 radical (unpaired) electrons. The average molecular weight is 344 g/mol. The number of hydrogen-bond acceptors (Lipinski definition) is 3. The SMILES string of the molecule is CC(F)(F)Oc1ccc(CN)cc1.CNCc1cc(F)ccc1F. The first-order valence-corrected chi connectivity index (χ1v) is 7.19. The Hall–Kier alpha value is -2.12. The summed E-state index contributed by atoms with van der Waals surface area (Å²) >= 11 is 0. The van der Waals surface area contributed by atoms with Crippen LogP contribution in [0.1, 0.15) is 18.1 Å². The molecule has 2 aromatic rings. The van der Waals surface area contributed by atoms with Crippen molar-refractivity contribution in [1.82, 2.24) is 5.32 Å². The van der Waals surface area contributed by atoms with E-state index >= 15 is 0 Å². The third-order valence-electron chi connectivity index (χ3n) is 2.83. The Bertz CT molecular complexity index is 627. The molecule has 0 aromatic heterocycles. The fourth-order valence-corrected chi connectivity index (χ4v) is 1.77. The Morgan fingerprint density at radius 3 is 2.21 bits per heavy atom. The average Bonchev–Trinajstić information content (AvgIpc) is 2.51. The van der Waals surface area contributed by atoms with Gasteiger partial charge in [0.05, 0.1) is 0 Å². The molecule has 24 heavy (non-hydrogen) atoms. The molecule has 7 heteroatoms. The number of benzene rings is 2. The van der Waals surface area contributed by atoms with E-state index in [1.165, 1.54) is 18.2 Å². The second-order valence-electron chi connectivity index (χ2n) is 5.02. The molecule has 0 saturated heterocycles. The Morgan fingerprint density at radius 1 is 1.08 bits per heavy atom. The normalized spacial score (nSPS) is 10.8. The molecule has 3 N–H and O–H groups in total. The molecule has 132 valence electrons. The molecular formula is C17H20F4N2O. The summed E-state index contributed by atoms with van der Waals surface area (Å²) in [4.78, 5) is 0. The molecule has 0 unspecified atom stereocenters. The van der Waals surface area contributed by atoms with Gasteiger partial charge in [0.15, 0.2) is 0 Å². The van der Waals surface area contributed by atoms with Crippen LogP contribution in [0.2, 0.25) is 0 Å². The second kappa shape index (κ2) is 9.24. The molecule has 0 aliphatic heterocycles. The topological polar surface area (TPSA) is 47.3 Å². The molecule has 2 rings (SSSR count). The van der Waals surface area contributed by atoms with Crippen LogP contribution in [0.15, 0.2) is 42.5 Å². The third-order valence-corrected chi connectivity index (χ3v) is 2.83. The first-order valence-electron chi connectivity index (χ1n) is 7.19. The van der Waals surface area contributed by atoms with E-state index in [0.717, 1.165) is 17.7 Å². The zero-order valence-corrected chi connectivity index (χ0v) is 13.5. The van der Waals surface area contributed by atoms with E-state index in [4.69, 9.17) is 5.73 Å². The lowest BCUT2D eigenvalue weighted by atomic mass is 10.2. The Kier molecular flexibility index (Phi) is 7.67. The van der Waals surface area contributed by atoms with Gasteiger partial charge in [0.1, 0.15) is 17.4 Å². The second-order valence-corrected chi connectivity index (χ2v) is 5.02. The quantitative estimate of drug-likeness (QED) is 0.811. The van der Waals surface area contributed by atoms with Crippen molar-refractivity contribution in [2.75, 3.05) is 7.05 Å². The fraction of sp³-hybridized carbons (Fsp3) is 0.294. The summed E-state index contributed by atoms with van der Waals surface area (Å²) in [6.45, 7) is 1.44. The van der Waals surface area contributed by atoms with Crippen molar-refractivity contribution in [1.29, 1.82) is 0 Å². The van der Waals surface area contributed by atoms with Gasteiger partial charge in [0.25, 0.3) is 0 Å². The van der Waals surface area contributed by atoms with Gasteiger partial charge in [-0.15, -0.1) is 0 Å². The van der Waals surface area contributed by atoms with Crippen LogP contribution in [-0.4, -0.2) is 13.2 Å². The summed E-state index contributed by atoms with van der Waals surface area (Å²) in [5.74, 6) is -0.637. The summed E-state index contributed by atoms with van der Waals surface area (Å²) < 4.78 is 54.2. The lowest BCUT2D eigenvalue weighted by molar-refractivity contribution is -0.158. The molecule has 0 spiro atoms. The molecular weight excluding hydrogens is 324 g/mol. The largest absolute Gasteiger partial charge is 0.433 e. The number of hydrogen-bond donors (Lipinski definition) is 2. The van der Waals surface area contributed by atoms with Gasteiger partial charge in [-0.2, -0.15) is 8.78 Å². The van der Waals surface area contributed by atoms with Gasteiger partial charge in [-0.25, -0.2) is 8.78 Å². The lowest BCUT2D eigenvalue weighted by Gasteiger charge is -2.12. The van der Waals surface area contributed by atoms with Crippen LogP contribution in [0.4, 0.5) is 17.6 Å². The third kappa shape index (κ3) is 7.43. The summed E-state index contributed by atoms with van der Waals surface area (Å²) in [6, 6.07) is 9.67. The van der Waals surface area contributed by atoms with Gasteiger partial charge in [-0.05, 0) is 42.9 Å². The minimum Gasteiger partial charge on any atom is -0.433 e. The highest BCUT2D eigenvalue weighted by Crippen LogP contribution is 2.20. The summed E-state index contributed by atoms with van der Waals surface area (Å²) in [5, 5.41) is 2.75. The molecule has 0 aliphatic rings. The first kappa shape index (κ1) is 19.9. The molecule has 0 fully saturated rings. The Labute approximate surface area is 138 Å². The minimum atomic E-state index is -3.13. The Morgan fingerprint density at radius 2 is 1.71 bits per heavy atom. The van der Waals surface area contributed by atoms with Crippen molar-refractivity contribution in [2.24, 2.45) is 5.73 Å². The minimum absolute atomic E-state index is 0.143. The van der Waals surface area contributed by atoms with Crippen LogP contribution >= 0.6 is 0 Å². The number of ether oxygens (including phenoxy) is 1. The summed E-state index contributed by atoms with van der Waals surface area (Å²) in [6.07, 6.45) is -3.13. The van der Waals surface area contributed by atoms with Crippen LogP contribution in [0, 0.1) is 11.6 Å². The highest BCUT2D eigenvalue weighted by Gasteiger charge is 2.22. The number of nitrogens with one attached hydrogen (secondary N) is 1. The maximum atomic E-state index is 12.7. The van der Waals surface area contributed by atoms with E-state index in [1.54, 1.807) is 19.2 Å². The smallest absolute Gasteiger partial charge is 0.394 e. The van der Waals surface area contributed by atoms with E-state index in [2.05, 4.69) is 10.1 Å². The lowest BCUT2D eigenvalue weighted by Crippen LogP contribution is -2.19. The van der Waals surface area contributed by atoms with Gasteiger partial charge >= 0.3 is 6.11 Å². The van der Waals surface area contributed by atoms with E-state index < -0.39 is 11.9 Å². The molecule has 0 atom stereocenters. The maximum Gasteiger partial charge on any atom is 0.394 e. The van der Waals surface area contributed by atoms with Crippen LogP contribution < -0.4 is 15.8 Å². The number of halogens is 4. The van der Waals surface area contributed by atoms with Crippen molar-refractivity contribution in [3.8, 4) is 5.75 Å². The van der Waals surface area contributed by atoms with Gasteiger partial charge in [-0.1, -0.05) is 12.1 Å². The van der Waals surface area contributed by atoms with Crippen LogP contribution in [-0.2, 0) is 13.1 Å². The van der Waals surface area contributed by atoms with Crippen molar-refractivity contribution >= 4 is 0 Å². The number of nitrogens with two attached hydrogens (primary N) is 1. The van der Waals surface area contributed by atoms with E-state index in [1.807, 2.05) is 0 Å². The van der Waals surface area contributed by atoms with Crippen LogP contribution in [0.3, 0.4) is 0 Å². The van der Waals surface area contributed by atoms with E-state index in [9.17, 15) is 17.6 Å². The molecule has 0 amide bonds. The van der Waals surface area contributed by atoms with Crippen molar-refractivity contribution < 1.29 is 22.3 Å². The van der Waals surface area contributed by atoms with Crippen molar-refractivity contribution in [3.05, 3.63) is 65.2 Å². The zero-order chi connectivity index (χ0) is 18.2. The summed E-state index contributed by atoms with van der Waals surface area (Å²) in [5.41, 5.74) is 6.57.